The van der Waals surface area contributed by atoms with E-state index in [0.29, 0.717) is 29.4 Å². The second kappa shape index (κ2) is 7.27. The minimum atomic E-state index is -0.437. The van der Waals surface area contributed by atoms with Crippen LogP contribution in [0.5, 0.6) is 0 Å². The molecule has 2 rings (SSSR count). The molecule has 0 radical (unpaired) electrons. The molecule has 23 heavy (non-hydrogen) atoms. The first-order valence-corrected chi connectivity index (χ1v) is 8.04. The van der Waals surface area contributed by atoms with E-state index >= 15 is 0 Å². The smallest absolute Gasteiger partial charge is 0.354 e. The summed E-state index contributed by atoms with van der Waals surface area (Å²) in [7, 11) is 5.47. The number of rotatable bonds is 5. The van der Waals surface area contributed by atoms with Crippen molar-refractivity contribution in [1.29, 1.82) is 0 Å². The highest BCUT2D eigenvalue weighted by molar-refractivity contribution is 6.03. The van der Waals surface area contributed by atoms with Gasteiger partial charge in [-0.25, -0.2) is 4.79 Å². The Morgan fingerprint density at radius 1 is 1.30 bits per heavy atom. The van der Waals surface area contributed by atoms with Crippen molar-refractivity contribution in [3.63, 3.8) is 0 Å². The Morgan fingerprint density at radius 2 is 1.91 bits per heavy atom. The van der Waals surface area contributed by atoms with Crippen LogP contribution in [0.25, 0.3) is 0 Å². The van der Waals surface area contributed by atoms with Crippen LogP contribution in [0.3, 0.4) is 0 Å². The van der Waals surface area contributed by atoms with Crippen LogP contribution in [0.15, 0.2) is 0 Å². The largest absolute Gasteiger partial charge is 0.464 e. The number of aryl methyl sites for hydroxylation is 1. The second-order valence-electron chi connectivity index (χ2n) is 6.49. The average molecular weight is 321 g/mol. The highest BCUT2D eigenvalue weighted by Crippen LogP contribution is 2.21. The van der Waals surface area contributed by atoms with Crippen LogP contribution in [0.2, 0.25) is 0 Å². The summed E-state index contributed by atoms with van der Waals surface area (Å²) in [6.07, 6.45) is 2.16. The maximum atomic E-state index is 12.7. The Kier molecular flexibility index (Phi) is 5.59. The fourth-order valence-corrected chi connectivity index (χ4v) is 3.34. The van der Waals surface area contributed by atoms with Crippen LogP contribution in [0, 0.1) is 13.8 Å². The minimum absolute atomic E-state index is 0.0489. The van der Waals surface area contributed by atoms with E-state index < -0.39 is 5.97 Å². The van der Waals surface area contributed by atoms with Crippen LogP contribution in [0.1, 0.15) is 44.9 Å². The Balaban J connectivity index is 2.09. The molecule has 1 aliphatic rings. The van der Waals surface area contributed by atoms with Gasteiger partial charge in [0.15, 0.2) is 5.78 Å². The van der Waals surface area contributed by atoms with E-state index in [1.807, 2.05) is 14.0 Å². The lowest BCUT2D eigenvalue weighted by atomic mass is 10.0. The molecule has 0 atom stereocenters. The molecule has 1 fully saturated rings. The number of likely N-dealkylation sites (tertiary alicyclic amines) is 1. The van der Waals surface area contributed by atoms with Crippen molar-refractivity contribution in [2.75, 3.05) is 40.8 Å². The Bertz CT molecular complexity index is 586. The third-order valence-corrected chi connectivity index (χ3v) is 4.81. The zero-order valence-electron chi connectivity index (χ0n) is 14.7. The molecular weight excluding hydrogens is 294 g/mol. The summed E-state index contributed by atoms with van der Waals surface area (Å²) >= 11 is 0. The van der Waals surface area contributed by atoms with Gasteiger partial charge in [-0.3, -0.25) is 9.69 Å². The third-order valence-electron chi connectivity index (χ3n) is 4.81. The molecule has 1 aliphatic heterocycles. The predicted octanol–water partition coefficient (Wildman–Crippen LogP) is 1.63. The van der Waals surface area contributed by atoms with Crippen molar-refractivity contribution in [3.05, 3.63) is 22.5 Å². The summed E-state index contributed by atoms with van der Waals surface area (Å²) in [5, 5.41) is 0. The summed E-state index contributed by atoms with van der Waals surface area (Å²) in [6.45, 7) is 6.12. The number of Topliss-reactive ketones (excluding diaryl/α,β-unsaturated/α-hetero) is 1. The number of methoxy groups -OCH3 is 1. The van der Waals surface area contributed by atoms with Gasteiger partial charge in [-0.05, 0) is 59.4 Å². The summed E-state index contributed by atoms with van der Waals surface area (Å²) in [6, 6.07) is 0.440. The van der Waals surface area contributed by atoms with Crippen molar-refractivity contribution in [2.24, 2.45) is 0 Å². The number of hydrogen-bond donors (Lipinski definition) is 1. The molecule has 1 aromatic heterocycles. The number of hydrogen-bond acceptors (Lipinski definition) is 5. The highest BCUT2D eigenvalue weighted by atomic mass is 16.5. The molecule has 1 N–H and O–H groups in total. The van der Waals surface area contributed by atoms with E-state index in [-0.39, 0.29) is 5.78 Å². The number of carbonyl (C=O) groups is 2. The summed E-state index contributed by atoms with van der Waals surface area (Å²) in [5.41, 5.74) is 2.39. The Hall–Kier alpha value is -1.66. The zero-order valence-corrected chi connectivity index (χ0v) is 14.7. The number of nitrogens with one attached hydrogen (secondary N) is 1. The Labute approximate surface area is 137 Å². The first-order valence-electron chi connectivity index (χ1n) is 8.04. The lowest BCUT2D eigenvalue weighted by molar-refractivity contribution is 0.0594. The topological polar surface area (TPSA) is 65.6 Å². The second-order valence-corrected chi connectivity index (χ2v) is 6.49. The highest BCUT2D eigenvalue weighted by Gasteiger charge is 2.26. The molecule has 0 aromatic carbocycles. The van der Waals surface area contributed by atoms with E-state index in [1.54, 1.807) is 6.92 Å². The fourth-order valence-electron chi connectivity index (χ4n) is 3.34. The number of carbonyl (C=O) groups excluding carboxylic acids is 2. The van der Waals surface area contributed by atoms with Gasteiger partial charge in [-0.1, -0.05) is 0 Å². The molecule has 1 aromatic rings. The maximum Gasteiger partial charge on any atom is 0.354 e. The molecule has 0 aliphatic carbocycles. The molecule has 0 saturated carbocycles. The lowest BCUT2D eigenvalue weighted by Crippen LogP contribution is -2.43. The van der Waals surface area contributed by atoms with Crippen molar-refractivity contribution in [2.45, 2.75) is 32.7 Å². The van der Waals surface area contributed by atoms with Crippen LogP contribution in [-0.2, 0) is 4.74 Å². The number of piperidine rings is 1. The van der Waals surface area contributed by atoms with Crippen LogP contribution in [-0.4, -0.2) is 73.4 Å². The number of esters is 1. The Morgan fingerprint density at radius 3 is 2.48 bits per heavy atom. The molecule has 6 heteroatoms. The zero-order chi connectivity index (χ0) is 17.1. The van der Waals surface area contributed by atoms with Gasteiger partial charge < -0.3 is 14.6 Å². The summed E-state index contributed by atoms with van der Waals surface area (Å²) in [5.74, 6) is -0.388. The monoisotopic (exact) mass is 321 g/mol. The average Bonchev–Trinajstić information content (AvgIpc) is 2.81. The number of aromatic nitrogens is 1. The van der Waals surface area contributed by atoms with Gasteiger partial charge in [-0.15, -0.1) is 0 Å². The molecule has 2 heterocycles. The minimum Gasteiger partial charge on any atom is -0.464 e. The van der Waals surface area contributed by atoms with Gasteiger partial charge >= 0.3 is 5.97 Å². The molecule has 1 saturated heterocycles. The van der Waals surface area contributed by atoms with Gasteiger partial charge in [0, 0.05) is 17.3 Å². The van der Waals surface area contributed by atoms with Gasteiger partial charge in [-0.2, -0.15) is 0 Å². The fraction of sp³-hybridized carbons (Fsp3) is 0.647. The van der Waals surface area contributed by atoms with Crippen LogP contribution in [0.4, 0.5) is 0 Å². The number of nitrogens with zero attached hydrogens (tertiary/aromatic N) is 2. The third kappa shape index (κ3) is 3.82. The first-order chi connectivity index (χ1) is 10.8. The van der Waals surface area contributed by atoms with Crippen molar-refractivity contribution >= 4 is 11.8 Å². The molecule has 6 nitrogen and oxygen atoms in total. The van der Waals surface area contributed by atoms with Gasteiger partial charge in [0.2, 0.25) is 0 Å². The van der Waals surface area contributed by atoms with E-state index in [0.717, 1.165) is 31.6 Å². The number of ether oxygens (including phenoxy) is 1. The molecule has 0 amide bonds. The van der Waals surface area contributed by atoms with Gasteiger partial charge in [0.1, 0.15) is 5.69 Å². The summed E-state index contributed by atoms with van der Waals surface area (Å²) in [4.78, 5) is 31.9. The normalized spacial score (nSPS) is 16.8. The van der Waals surface area contributed by atoms with Crippen molar-refractivity contribution in [3.8, 4) is 0 Å². The lowest BCUT2D eigenvalue weighted by Gasteiger charge is -2.34. The van der Waals surface area contributed by atoms with E-state index in [9.17, 15) is 9.59 Å². The van der Waals surface area contributed by atoms with E-state index in [2.05, 4.69) is 21.8 Å². The standard InChI is InChI=1S/C17H27N3O3/c1-11-15(12(2)18-16(11)17(22)23-5)14(21)10-20(4)13-6-8-19(3)9-7-13/h13,18H,6-10H2,1-5H3. The van der Waals surface area contributed by atoms with Gasteiger partial charge in [0.25, 0.3) is 0 Å². The number of aromatic amines is 1. The van der Waals surface area contributed by atoms with E-state index in [4.69, 9.17) is 4.74 Å². The quantitative estimate of drug-likeness (QED) is 0.659. The number of H-pyrrole nitrogens is 1. The number of ketones is 1. The molecular formula is C17H27N3O3. The predicted molar refractivity (Wildman–Crippen MR) is 89.1 cm³/mol. The van der Waals surface area contributed by atoms with Crippen molar-refractivity contribution < 1.29 is 14.3 Å². The van der Waals surface area contributed by atoms with E-state index in [1.165, 1.54) is 7.11 Å². The maximum absolute atomic E-state index is 12.7. The van der Waals surface area contributed by atoms with Crippen LogP contribution >= 0.6 is 0 Å². The SMILES string of the molecule is COC(=O)c1[nH]c(C)c(C(=O)CN(C)C2CCN(C)CC2)c1C. The van der Waals surface area contributed by atoms with Crippen LogP contribution < -0.4 is 0 Å². The first kappa shape index (κ1) is 17.7. The van der Waals surface area contributed by atoms with Crippen molar-refractivity contribution in [1.82, 2.24) is 14.8 Å². The molecule has 0 unspecified atom stereocenters. The number of likely N-dealkylation sites (N-methyl/N-ethyl adjacent to an activating group) is 1. The van der Waals surface area contributed by atoms with Gasteiger partial charge in [0.05, 0.1) is 13.7 Å². The molecule has 0 bridgehead atoms. The summed E-state index contributed by atoms with van der Waals surface area (Å²) < 4.78 is 4.75. The molecule has 0 spiro atoms. The molecule has 128 valence electrons.